The summed E-state index contributed by atoms with van der Waals surface area (Å²) in [5, 5.41) is 5.26. The second kappa shape index (κ2) is 6.23. The highest BCUT2D eigenvalue weighted by Gasteiger charge is 2.21. The number of hydrogen-bond donors (Lipinski definition) is 1. The molecule has 1 aliphatic rings. The smallest absolute Gasteiger partial charge is 0.220 e. The van der Waals surface area contributed by atoms with Gasteiger partial charge in [0, 0.05) is 11.3 Å². The first-order valence-electron chi connectivity index (χ1n) is 7.22. The lowest BCUT2D eigenvalue weighted by Crippen LogP contribution is -2.31. The molecule has 20 heavy (non-hydrogen) atoms. The van der Waals surface area contributed by atoms with Crippen LogP contribution in [0.4, 0.5) is 0 Å². The monoisotopic (exact) mass is 285 g/mol. The minimum absolute atomic E-state index is 0.167. The Kier molecular flexibility index (Phi) is 4.16. The molecule has 1 aromatic carbocycles. The lowest BCUT2D eigenvalue weighted by Gasteiger charge is -2.26. The maximum atomic E-state index is 12.1. The fraction of sp³-hybridized carbons (Fsp3) is 0.353. The summed E-state index contributed by atoms with van der Waals surface area (Å²) in [4.78, 5) is 13.4. The quantitative estimate of drug-likeness (QED) is 0.907. The van der Waals surface area contributed by atoms with Crippen LogP contribution >= 0.6 is 11.3 Å². The van der Waals surface area contributed by atoms with Gasteiger partial charge in [-0.05, 0) is 48.3 Å². The van der Waals surface area contributed by atoms with Crippen molar-refractivity contribution in [1.82, 2.24) is 5.32 Å². The number of benzene rings is 1. The second-order valence-electron chi connectivity index (χ2n) is 5.29. The van der Waals surface area contributed by atoms with Crippen molar-refractivity contribution in [1.29, 1.82) is 0 Å². The fourth-order valence-electron chi connectivity index (χ4n) is 2.86. The molecule has 1 amide bonds. The van der Waals surface area contributed by atoms with Crippen LogP contribution in [0.5, 0.6) is 0 Å². The van der Waals surface area contributed by atoms with Gasteiger partial charge >= 0.3 is 0 Å². The van der Waals surface area contributed by atoms with Gasteiger partial charge in [-0.3, -0.25) is 4.79 Å². The van der Waals surface area contributed by atoms with Gasteiger partial charge in [0.2, 0.25) is 5.91 Å². The number of fused-ring (bicyclic) bond motifs is 1. The van der Waals surface area contributed by atoms with Crippen molar-refractivity contribution in [3.63, 3.8) is 0 Å². The molecule has 0 saturated carbocycles. The van der Waals surface area contributed by atoms with Gasteiger partial charge < -0.3 is 5.32 Å². The van der Waals surface area contributed by atoms with Gasteiger partial charge in [-0.15, -0.1) is 11.3 Å². The Bertz CT molecular complexity index is 576. The number of rotatable bonds is 4. The predicted molar refractivity (Wildman–Crippen MR) is 82.9 cm³/mol. The predicted octanol–water partition coefficient (Wildman–Crippen LogP) is 3.87. The molecule has 2 aromatic rings. The van der Waals surface area contributed by atoms with Gasteiger partial charge in [0.25, 0.3) is 0 Å². The Morgan fingerprint density at radius 3 is 3.00 bits per heavy atom. The molecule has 0 bridgehead atoms. The molecule has 0 spiro atoms. The Morgan fingerprint density at radius 1 is 1.25 bits per heavy atom. The maximum Gasteiger partial charge on any atom is 0.220 e. The molecule has 0 saturated heterocycles. The lowest BCUT2D eigenvalue weighted by molar-refractivity contribution is -0.121. The summed E-state index contributed by atoms with van der Waals surface area (Å²) in [6, 6.07) is 12.8. The molecular weight excluding hydrogens is 266 g/mol. The van der Waals surface area contributed by atoms with E-state index in [9.17, 15) is 4.79 Å². The maximum absolute atomic E-state index is 12.1. The van der Waals surface area contributed by atoms with Crippen molar-refractivity contribution >= 4 is 17.2 Å². The molecule has 3 rings (SSSR count). The summed E-state index contributed by atoms with van der Waals surface area (Å²) < 4.78 is 0. The molecule has 0 fully saturated rings. The zero-order valence-electron chi connectivity index (χ0n) is 11.5. The molecule has 2 nitrogen and oxygen atoms in total. The summed E-state index contributed by atoms with van der Waals surface area (Å²) in [6.07, 6.45) is 4.78. The first kappa shape index (κ1) is 13.4. The Labute approximate surface area is 123 Å². The van der Waals surface area contributed by atoms with Gasteiger partial charge in [-0.25, -0.2) is 0 Å². The summed E-state index contributed by atoms with van der Waals surface area (Å²) in [5.41, 5.74) is 2.70. The number of aryl methyl sites for hydroxylation is 2. The molecule has 1 heterocycles. The highest BCUT2D eigenvalue weighted by atomic mass is 32.1. The van der Waals surface area contributed by atoms with Crippen molar-refractivity contribution in [3.8, 4) is 0 Å². The summed E-state index contributed by atoms with van der Waals surface area (Å²) >= 11 is 1.72. The van der Waals surface area contributed by atoms with E-state index in [1.54, 1.807) is 11.3 Å². The van der Waals surface area contributed by atoms with Gasteiger partial charge in [0.05, 0.1) is 6.04 Å². The van der Waals surface area contributed by atoms with Crippen LogP contribution in [0.15, 0.2) is 41.8 Å². The van der Waals surface area contributed by atoms with E-state index in [1.165, 1.54) is 16.0 Å². The van der Waals surface area contributed by atoms with Gasteiger partial charge in [-0.2, -0.15) is 0 Å². The van der Waals surface area contributed by atoms with Gasteiger partial charge in [0.15, 0.2) is 0 Å². The Hall–Kier alpha value is -1.61. The van der Waals surface area contributed by atoms with Crippen LogP contribution in [0.25, 0.3) is 0 Å². The lowest BCUT2D eigenvalue weighted by atomic mass is 9.87. The second-order valence-corrected chi connectivity index (χ2v) is 6.32. The zero-order valence-corrected chi connectivity index (χ0v) is 12.3. The number of carbonyl (C=O) groups excluding carboxylic acids is 1. The molecule has 1 aliphatic carbocycles. The molecule has 0 unspecified atom stereocenters. The van der Waals surface area contributed by atoms with Crippen molar-refractivity contribution in [2.24, 2.45) is 0 Å². The number of carbonyl (C=O) groups is 1. The minimum Gasteiger partial charge on any atom is -0.349 e. The number of thiophene rings is 1. The van der Waals surface area contributed by atoms with Gasteiger partial charge in [0.1, 0.15) is 0 Å². The molecule has 1 N–H and O–H groups in total. The van der Waals surface area contributed by atoms with E-state index in [0.717, 1.165) is 25.7 Å². The first-order chi connectivity index (χ1) is 9.83. The third-order valence-electron chi connectivity index (χ3n) is 3.88. The standard InChI is InChI=1S/C17H19NOS/c19-17(11-10-14-7-4-12-20-14)18-16-9-3-6-13-5-1-2-8-15(13)16/h1-2,4-5,7-8,12,16H,3,6,9-11H2,(H,18,19)/t16-/m1/s1. The average Bonchev–Trinajstić information content (AvgIpc) is 2.99. The van der Waals surface area contributed by atoms with E-state index >= 15 is 0 Å². The summed E-state index contributed by atoms with van der Waals surface area (Å²) in [5.74, 6) is 0.167. The van der Waals surface area contributed by atoms with E-state index < -0.39 is 0 Å². The molecular formula is C17H19NOS. The van der Waals surface area contributed by atoms with Crippen LogP contribution in [0, 0.1) is 0 Å². The average molecular weight is 285 g/mol. The Balaban J connectivity index is 1.59. The van der Waals surface area contributed by atoms with E-state index in [1.807, 2.05) is 6.07 Å². The molecule has 0 aliphatic heterocycles. The SMILES string of the molecule is O=C(CCc1cccs1)N[C@@H]1CCCc2ccccc21. The first-order valence-corrected chi connectivity index (χ1v) is 8.10. The fourth-order valence-corrected chi connectivity index (χ4v) is 3.57. The van der Waals surface area contributed by atoms with E-state index in [4.69, 9.17) is 0 Å². The van der Waals surface area contributed by atoms with Crippen LogP contribution in [0.2, 0.25) is 0 Å². The number of hydrogen-bond acceptors (Lipinski definition) is 2. The minimum atomic E-state index is 0.167. The normalized spacial score (nSPS) is 17.5. The van der Waals surface area contributed by atoms with Gasteiger partial charge in [-0.1, -0.05) is 30.3 Å². The van der Waals surface area contributed by atoms with Crippen molar-refractivity contribution in [2.45, 2.75) is 38.1 Å². The molecule has 3 heteroatoms. The number of nitrogens with one attached hydrogen (secondary N) is 1. The molecule has 0 radical (unpaired) electrons. The van der Waals surface area contributed by atoms with Crippen LogP contribution in [-0.2, 0) is 17.6 Å². The van der Waals surface area contributed by atoms with Crippen LogP contribution in [0.3, 0.4) is 0 Å². The third-order valence-corrected chi connectivity index (χ3v) is 4.82. The van der Waals surface area contributed by atoms with Crippen LogP contribution in [0.1, 0.15) is 41.3 Å². The van der Waals surface area contributed by atoms with E-state index in [0.29, 0.717) is 6.42 Å². The zero-order chi connectivity index (χ0) is 13.8. The van der Waals surface area contributed by atoms with E-state index in [-0.39, 0.29) is 11.9 Å². The van der Waals surface area contributed by atoms with Crippen molar-refractivity contribution in [3.05, 3.63) is 57.8 Å². The largest absolute Gasteiger partial charge is 0.349 e. The van der Waals surface area contributed by atoms with Crippen molar-refractivity contribution in [2.75, 3.05) is 0 Å². The highest BCUT2D eigenvalue weighted by Crippen LogP contribution is 2.29. The van der Waals surface area contributed by atoms with Crippen LogP contribution < -0.4 is 5.32 Å². The molecule has 1 atom stereocenters. The van der Waals surface area contributed by atoms with E-state index in [2.05, 4.69) is 41.0 Å². The number of amides is 1. The van der Waals surface area contributed by atoms with Crippen molar-refractivity contribution < 1.29 is 4.79 Å². The topological polar surface area (TPSA) is 29.1 Å². The summed E-state index contributed by atoms with van der Waals surface area (Å²) in [6.45, 7) is 0. The highest BCUT2D eigenvalue weighted by molar-refractivity contribution is 7.09. The Morgan fingerprint density at radius 2 is 2.15 bits per heavy atom. The third kappa shape index (κ3) is 3.10. The van der Waals surface area contributed by atoms with Crippen LogP contribution in [-0.4, -0.2) is 5.91 Å². The summed E-state index contributed by atoms with van der Waals surface area (Å²) in [7, 11) is 0. The molecule has 1 aromatic heterocycles. The molecule has 104 valence electrons.